The minimum atomic E-state index is -0.00263. The number of hydrogen-bond acceptors (Lipinski definition) is 2. The first-order valence-corrected chi connectivity index (χ1v) is 4.53. The van der Waals surface area contributed by atoms with Gasteiger partial charge in [0.25, 0.3) is 6.73 Å². The van der Waals surface area contributed by atoms with Crippen molar-refractivity contribution in [3.63, 3.8) is 0 Å². The van der Waals surface area contributed by atoms with Crippen LogP contribution in [0.2, 0.25) is 0 Å². The molecule has 0 aliphatic carbocycles. The van der Waals surface area contributed by atoms with Gasteiger partial charge in [0.05, 0.1) is 12.5 Å². The lowest BCUT2D eigenvalue weighted by Gasteiger charge is -2.13. The summed E-state index contributed by atoms with van der Waals surface area (Å²) < 4.78 is 7.06. The number of para-hydroxylation sites is 1. The fraction of sp³-hybridized carbons (Fsp3) is 0.273. The molecule has 1 aromatic carbocycles. The fourth-order valence-corrected chi connectivity index (χ4v) is 1.50. The largest absolute Gasteiger partial charge is 0.435 e. The van der Waals surface area contributed by atoms with E-state index in [0.717, 1.165) is 16.9 Å². The Bertz CT molecular complexity index is 421. The highest BCUT2D eigenvalue weighted by Crippen LogP contribution is 2.23. The maximum atomic E-state index is 11.1. The standard InChI is InChI=1S/C11H12NO2/c1-8-4-3-5-10-6-12(9(2)13)7-14-11(8)10/h3-6H,7H2,1-2H3/q+1. The zero-order valence-corrected chi connectivity index (χ0v) is 8.28. The molecule has 1 aliphatic rings. The lowest BCUT2D eigenvalue weighted by molar-refractivity contribution is -0.479. The molecule has 0 atom stereocenters. The van der Waals surface area contributed by atoms with Gasteiger partial charge in [0, 0.05) is 0 Å². The Morgan fingerprint density at radius 3 is 3.00 bits per heavy atom. The Morgan fingerprint density at radius 1 is 1.50 bits per heavy atom. The van der Waals surface area contributed by atoms with E-state index < -0.39 is 0 Å². The van der Waals surface area contributed by atoms with Crippen molar-refractivity contribution in [3.05, 3.63) is 29.3 Å². The monoisotopic (exact) mass is 190 g/mol. The van der Waals surface area contributed by atoms with Gasteiger partial charge in [-0.1, -0.05) is 12.1 Å². The van der Waals surface area contributed by atoms with Crippen molar-refractivity contribution in [1.29, 1.82) is 0 Å². The lowest BCUT2D eigenvalue weighted by Crippen LogP contribution is -2.28. The molecule has 2 rings (SSSR count). The number of fused-ring (bicyclic) bond motifs is 1. The van der Waals surface area contributed by atoms with Gasteiger partial charge in [0.1, 0.15) is 5.75 Å². The van der Waals surface area contributed by atoms with Crippen molar-refractivity contribution in [2.45, 2.75) is 13.8 Å². The number of aryl methyl sites for hydroxylation is 1. The van der Waals surface area contributed by atoms with Crippen molar-refractivity contribution in [2.75, 3.05) is 6.73 Å². The van der Waals surface area contributed by atoms with Crippen LogP contribution in [0, 0.1) is 6.92 Å². The molecule has 0 unspecified atom stereocenters. The molecule has 0 saturated heterocycles. The SMILES string of the molecule is CC(=O)[N+]1=Cc2cccc(C)c2OC1. The number of rotatable bonds is 0. The van der Waals surface area contributed by atoms with Crippen LogP contribution in [0.1, 0.15) is 18.1 Å². The summed E-state index contributed by atoms with van der Waals surface area (Å²) in [5, 5.41) is 0. The minimum absolute atomic E-state index is 0.00263. The fourth-order valence-electron chi connectivity index (χ4n) is 1.50. The average molecular weight is 190 g/mol. The molecule has 14 heavy (non-hydrogen) atoms. The second-order valence-corrected chi connectivity index (χ2v) is 3.38. The van der Waals surface area contributed by atoms with Crippen LogP contribution >= 0.6 is 0 Å². The number of hydrogen-bond donors (Lipinski definition) is 0. The maximum absolute atomic E-state index is 11.1. The molecule has 3 nitrogen and oxygen atoms in total. The Morgan fingerprint density at radius 2 is 2.29 bits per heavy atom. The average Bonchev–Trinajstić information content (AvgIpc) is 2.17. The van der Waals surface area contributed by atoms with E-state index in [-0.39, 0.29) is 5.91 Å². The molecule has 3 heteroatoms. The molecule has 0 N–H and O–H groups in total. The van der Waals surface area contributed by atoms with Gasteiger partial charge in [-0.3, -0.25) is 0 Å². The zero-order chi connectivity index (χ0) is 10.1. The van der Waals surface area contributed by atoms with Crippen LogP contribution < -0.4 is 4.74 Å². The molecule has 0 radical (unpaired) electrons. The van der Waals surface area contributed by atoms with Gasteiger partial charge in [-0.25, -0.2) is 4.79 Å². The molecule has 0 fully saturated rings. The first kappa shape index (κ1) is 8.94. The van der Waals surface area contributed by atoms with Crippen molar-refractivity contribution in [1.82, 2.24) is 0 Å². The Labute approximate surface area is 82.6 Å². The van der Waals surface area contributed by atoms with Crippen LogP contribution in [-0.4, -0.2) is 23.4 Å². The van der Waals surface area contributed by atoms with Gasteiger partial charge in [-0.05, 0) is 18.6 Å². The Kier molecular flexibility index (Phi) is 2.08. The zero-order valence-electron chi connectivity index (χ0n) is 8.28. The second kappa shape index (κ2) is 3.25. The summed E-state index contributed by atoms with van der Waals surface area (Å²) in [5.41, 5.74) is 2.06. The van der Waals surface area contributed by atoms with Crippen LogP contribution in [-0.2, 0) is 4.79 Å². The normalized spacial score (nSPS) is 14.0. The summed E-state index contributed by atoms with van der Waals surface area (Å²) in [5.74, 6) is 0.877. The first-order valence-electron chi connectivity index (χ1n) is 4.53. The third-order valence-corrected chi connectivity index (χ3v) is 2.29. The summed E-state index contributed by atoms with van der Waals surface area (Å²) in [7, 11) is 0. The van der Waals surface area contributed by atoms with E-state index in [1.54, 1.807) is 4.58 Å². The first-order chi connectivity index (χ1) is 6.68. The van der Waals surface area contributed by atoms with Crippen LogP contribution in [0.5, 0.6) is 5.75 Å². The van der Waals surface area contributed by atoms with Gasteiger partial charge in [-0.2, -0.15) is 0 Å². The van der Waals surface area contributed by atoms with Gasteiger partial charge in [0.15, 0.2) is 6.21 Å². The summed E-state index contributed by atoms with van der Waals surface area (Å²) in [4.78, 5) is 11.1. The molecule has 0 bridgehead atoms. The highest BCUT2D eigenvalue weighted by atomic mass is 16.5. The summed E-state index contributed by atoms with van der Waals surface area (Å²) in [6.45, 7) is 3.84. The molecular weight excluding hydrogens is 178 g/mol. The van der Waals surface area contributed by atoms with E-state index in [9.17, 15) is 4.79 Å². The molecular formula is C11H12NO2+. The summed E-state index contributed by atoms with van der Waals surface area (Å²) >= 11 is 0. The van der Waals surface area contributed by atoms with Gasteiger partial charge < -0.3 is 4.74 Å². The van der Waals surface area contributed by atoms with E-state index in [2.05, 4.69) is 0 Å². The van der Waals surface area contributed by atoms with E-state index in [4.69, 9.17) is 4.74 Å². The summed E-state index contributed by atoms with van der Waals surface area (Å²) in [6, 6.07) is 5.89. The molecule has 0 saturated carbocycles. The van der Waals surface area contributed by atoms with Crippen LogP contribution in [0.4, 0.5) is 0 Å². The summed E-state index contributed by atoms with van der Waals surface area (Å²) in [6.07, 6.45) is 1.83. The number of carbonyl (C=O) groups is 1. The molecule has 0 aromatic heterocycles. The lowest BCUT2D eigenvalue weighted by atomic mass is 10.1. The van der Waals surface area contributed by atoms with E-state index in [1.807, 2.05) is 31.3 Å². The highest BCUT2D eigenvalue weighted by molar-refractivity contribution is 5.85. The molecule has 0 spiro atoms. The van der Waals surface area contributed by atoms with Gasteiger partial charge >= 0.3 is 5.91 Å². The predicted octanol–water partition coefficient (Wildman–Crippen LogP) is 1.32. The predicted molar refractivity (Wildman–Crippen MR) is 52.8 cm³/mol. The highest BCUT2D eigenvalue weighted by Gasteiger charge is 2.20. The van der Waals surface area contributed by atoms with Crippen molar-refractivity contribution >= 4 is 12.1 Å². The number of nitrogens with zero attached hydrogens (tertiary/aromatic N) is 1. The molecule has 1 amide bonds. The topological polar surface area (TPSA) is 29.3 Å². The Hall–Kier alpha value is -1.64. The third kappa shape index (κ3) is 1.41. The molecule has 1 aromatic rings. The number of ether oxygens (including phenoxy) is 1. The van der Waals surface area contributed by atoms with E-state index in [1.165, 1.54) is 6.92 Å². The quantitative estimate of drug-likeness (QED) is 0.577. The molecule has 1 heterocycles. The molecule has 72 valence electrons. The van der Waals surface area contributed by atoms with Crippen molar-refractivity contribution < 1.29 is 14.1 Å². The maximum Gasteiger partial charge on any atom is 0.386 e. The van der Waals surface area contributed by atoms with Crippen molar-refractivity contribution in [3.8, 4) is 5.75 Å². The number of benzene rings is 1. The molecule has 1 aliphatic heterocycles. The van der Waals surface area contributed by atoms with E-state index in [0.29, 0.717) is 6.73 Å². The van der Waals surface area contributed by atoms with Crippen LogP contribution in [0.15, 0.2) is 18.2 Å². The van der Waals surface area contributed by atoms with Gasteiger partial charge in [0.2, 0.25) is 0 Å². The van der Waals surface area contributed by atoms with Crippen LogP contribution in [0.3, 0.4) is 0 Å². The van der Waals surface area contributed by atoms with Gasteiger partial charge in [-0.15, -0.1) is 4.58 Å². The van der Waals surface area contributed by atoms with E-state index >= 15 is 0 Å². The number of carbonyl (C=O) groups excluding carboxylic acids is 1. The van der Waals surface area contributed by atoms with Crippen LogP contribution in [0.25, 0.3) is 0 Å². The Balaban J connectivity index is 2.50. The third-order valence-electron chi connectivity index (χ3n) is 2.29. The van der Waals surface area contributed by atoms with Crippen molar-refractivity contribution in [2.24, 2.45) is 0 Å². The smallest absolute Gasteiger partial charge is 0.386 e. The minimum Gasteiger partial charge on any atom is -0.435 e. The second-order valence-electron chi connectivity index (χ2n) is 3.38. The number of amides is 1.